The van der Waals surface area contributed by atoms with E-state index >= 15 is 0 Å². The second kappa shape index (κ2) is 5.57. The van der Waals surface area contributed by atoms with Crippen LogP contribution in [0.2, 0.25) is 0 Å². The summed E-state index contributed by atoms with van der Waals surface area (Å²) in [6, 6.07) is 5.90. The zero-order valence-electron chi connectivity index (χ0n) is 12.4. The van der Waals surface area contributed by atoms with Crippen LogP contribution >= 0.6 is 0 Å². The fraction of sp³-hybridized carbons (Fsp3) is 0.438. The topological polar surface area (TPSA) is 51.5 Å². The summed E-state index contributed by atoms with van der Waals surface area (Å²) in [6.45, 7) is 3.90. The normalized spacial score (nSPS) is 12.8. The zero-order chi connectivity index (χ0) is 14.9. The molecule has 0 saturated heterocycles. The van der Waals surface area contributed by atoms with E-state index in [1.54, 1.807) is 7.11 Å². The van der Waals surface area contributed by atoms with Gasteiger partial charge in [-0.15, -0.1) is 0 Å². The van der Waals surface area contributed by atoms with E-state index in [1.807, 2.05) is 49.9 Å². The van der Waals surface area contributed by atoms with Crippen molar-refractivity contribution in [2.24, 2.45) is 18.9 Å². The molecule has 2 aromatic rings. The van der Waals surface area contributed by atoms with E-state index in [1.165, 1.54) is 0 Å². The standard InChI is InChI=1S/C16H21NO3/c1-10(2)13(16(18)19)7-11-9-17(3)15-6-5-12(20-4)8-14(11)15/h5-6,8-10,13H,7H2,1-4H3,(H,18,19). The number of aliphatic carboxylic acids is 1. The monoisotopic (exact) mass is 275 g/mol. The molecule has 0 saturated carbocycles. The number of carboxylic acid groups (broad SMARTS) is 1. The van der Waals surface area contributed by atoms with Crippen LogP contribution in [0, 0.1) is 11.8 Å². The van der Waals surface area contributed by atoms with Gasteiger partial charge in [-0.05, 0) is 36.1 Å². The van der Waals surface area contributed by atoms with Gasteiger partial charge in [0.15, 0.2) is 0 Å². The fourth-order valence-electron chi connectivity index (χ4n) is 2.59. The first-order chi connectivity index (χ1) is 9.43. The quantitative estimate of drug-likeness (QED) is 0.912. The van der Waals surface area contributed by atoms with Crippen molar-refractivity contribution in [2.75, 3.05) is 7.11 Å². The van der Waals surface area contributed by atoms with Crippen LogP contribution in [0.1, 0.15) is 19.4 Å². The molecule has 4 heteroatoms. The molecule has 1 unspecified atom stereocenters. The number of fused-ring (bicyclic) bond motifs is 1. The van der Waals surface area contributed by atoms with Crippen molar-refractivity contribution < 1.29 is 14.6 Å². The van der Waals surface area contributed by atoms with Crippen LogP contribution < -0.4 is 4.74 Å². The number of aryl methyl sites for hydroxylation is 1. The maximum absolute atomic E-state index is 11.4. The van der Waals surface area contributed by atoms with E-state index in [-0.39, 0.29) is 11.8 Å². The summed E-state index contributed by atoms with van der Waals surface area (Å²) in [5.41, 5.74) is 2.15. The summed E-state index contributed by atoms with van der Waals surface area (Å²) in [5, 5.41) is 10.4. The molecule has 0 aliphatic rings. The van der Waals surface area contributed by atoms with Gasteiger partial charge in [0.2, 0.25) is 0 Å². The Balaban J connectivity index is 2.45. The molecule has 20 heavy (non-hydrogen) atoms. The van der Waals surface area contributed by atoms with Gasteiger partial charge in [-0.3, -0.25) is 4.79 Å². The van der Waals surface area contributed by atoms with E-state index in [9.17, 15) is 9.90 Å². The van der Waals surface area contributed by atoms with Crippen molar-refractivity contribution in [1.82, 2.24) is 4.57 Å². The maximum Gasteiger partial charge on any atom is 0.307 e. The van der Waals surface area contributed by atoms with Crippen LogP contribution in [0.15, 0.2) is 24.4 Å². The Hall–Kier alpha value is -1.97. The minimum atomic E-state index is -0.736. The molecule has 0 spiro atoms. The van der Waals surface area contributed by atoms with Gasteiger partial charge in [0.25, 0.3) is 0 Å². The lowest BCUT2D eigenvalue weighted by Gasteiger charge is -2.15. The molecule has 0 amide bonds. The molecule has 0 aliphatic carbocycles. The lowest BCUT2D eigenvalue weighted by molar-refractivity contribution is -0.143. The Kier molecular flexibility index (Phi) is 4.02. The number of aromatic nitrogens is 1. The summed E-state index contributed by atoms with van der Waals surface area (Å²) >= 11 is 0. The van der Waals surface area contributed by atoms with Crippen molar-refractivity contribution in [2.45, 2.75) is 20.3 Å². The Morgan fingerprint density at radius 1 is 1.40 bits per heavy atom. The van der Waals surface area contributed by atoms with Gasteiger partial charge < -0.3 is 14.4 Å². The van der Waals surface area contributed by atoms with Crippen LogP contribution in [0.4, 0.5) is 0 Å². The molecular formula is C16H21NO3. The second-order valence-corrected chi connectivity index (χ2v) is 5.54. The highest BCUT2D eigenvalue weighted by atomic mass is 16.5. The van der Waals surface area contributed by atoms with Crippen molar-refractivity contribution in [1.29, 1.82) is 0 Å². The number of hydrogen-bond donors (Lipinski definition) is 1. The zero-order valence-corrected chi connectivity index (χ0v) is 12.4. The molecule has 1 atom stereocenters. The van der Waals surface area contributed by atoms with Crippen molar-refractivity contribution in [3.63, 3.8) is 0 Å². The largest absolute Gasteiger partial charge is 0.497 e. The van der Waals surface area contributed by atoms with Gasteiger partial charge in [0.1, 0.15) is 5.75 Å². The lowest BCUT2D eigenvalue weighted by Crippen LogP contribution is -2.22. The van der Waals surface area contributed by atoms with Crippen LogP contribution in [-0.2, 0) is 18.3 Å². The Morgan fingerprint density at radius 3 is 2.65 bits per heavy atom. The number of ether oxygens (including phenoxy) is 1. The molecule has 0 bridgehead atoms. The first kappa shape index (κ1) is 14.4. The van der Waals surface area contributed by atoms with Gasteiger partial charge in [-0.1, -0.05) is 13.8 Å². The van der Waals surface area contributed by atoms with E-state index in [0.717, 1.165) is 22.2 Å². The highest BCUT2D eigenvalue weighted by Crippen LogP contribution is 2.28. The smallest absolute Gasteiger partial charge is 0.307 e. The molecule has 1 aromatic carbocycles. The maximum atomic E-state index is 11.4. The molecule has 4 nitrogen and oxygen atoms in total. The minimum absolute atomic E-state index is 0.105. The van der Waals surface area contributed by atoms with Crippen LogP contribution in [-0.4, -0.2) is 22.8 Å². The average molecular weight is 275 g/mol. The summed E-state index contributed by atoms with van der Waals surface area (Å²) in [7, 11) is 3.61. The molecule has 1 N–H and O–H groups in total. The third-order valence-electron chi connectivity index (χ3n) is 3.84. The lowest BCUT2D eigenvalue weighted by atomic mass is 9.89. The van der Waals surface area contributed by atoms with Crippen molar-refractivity contribution in [3.8, 4) is 5.75 Å². The third-order valence-corrected chi connectivity index (χ3v) is 3.84. The number of hydrogen-bond acceptors (Lipinski definition) is 2. The van der Waals surface area contributed by atoms with Crippen molar-refractivity contribution in [3.05, 3.63) is 30.0 Å². The number of benzene rings is 1. The molecule has 0 fully saturated rings. The number of methoxy groups -OCH3 is 1. The Morgan fingerprint density at radius 2 is 2.10 bits per heavy atom. The number of carboxylic acids is 1. The van der Waals surface area contributed by atoms with E-state index in [0.29, 0.717) is 6.42 Å². The number of carbonyl (C=O) groups is 1. The molecule has 1 heterocycles. The predicted molar refractivity (Wildman–Crippen MR) is 79.1 cm³/mol. The molecular weight excluding hydrogens is 254 g/mol. The molecule has 108 valence electrons. The van der Waals surface area contributed by atoms with Gasteiger partial charge in [0.05, 0.1) is 13.0 Å². The Bertz CT molecular complexity index is 628. The summed E-state index contributed by atoms with van der Waals surface area (Å²) in [4.78, 5) is 11.4. The molecule has 2 rings (SSSR count). The van der Waals surface area contributed by atoms with Crippen LogP contribution in [0.25, 0.3) is 10.9 Å². The van der Waals surface area contributed by atoms with Gasteiger partial charge in [-0.2, -0.15) is 0 Å². The summed E-state index contributed by atoms with van der Waals surface area (Å²) < 4.78 is 7.29. The minimum Gasteiger partial charge on any atom is -0.497 e. The van der Waals surface area contributed by atoms with E-state index in [4.69, 9.17) is 4.74 Å². The predicted octanol–water partition coefficient (Wildman–Crippen LogP) is 3.09. The van der Waals surface area contributed by atoms with Gasteiger partial charge in [0, 0.05) is 24.1 Å². The van der Waals surface area contributed by atoms with Gasteiger partial charge in [-0.25, -0.2) is 0 Å². The summed E-state index contributed by atoms with van der Waals surface area (Å²) in [6.07, 6.45) is 2.56. The van der Waals surface area contributed by atoms with E-state index < -0.39 is 5.97 Å². The number of rotatable bonds is 5. The second-order valence-electron chi connectivity index (χ2n) is 5.54. The first-order valence-electron chi connectivity index (χ1n) is 6.78. The van der Waals surface area contributed by atoms with Crippen molar-refractivity contribution >= 4 is 16.9 Å². The SMILES string of the molecule is COc1ccc2c(c1)c(CC(C(=O)O)C(C)C)cn2C. The number of nitrogens with zero attached hydrogens (tertiary/aromatic N) is 1. The van der Waals surface area contributed by atoms with Crippen LogP contribution in [0.3, 0.4) is 0 Å². The first-order valence-corrected chi connectivity index (χ1v) is 6.78. The fourth-order valence-corrected chi connectivity index (χ4v) is 2.59. The summed E-state index contributed by atoms with van der Waals surface area (Å²) in [5.74, 6) is -0.207. The third kappa shape index (κ3) is 2.64. The average Bonchev–Trinajstić information content (AvgIpc) is 2.71. The van der Waals surface area contributed by atoms with Crippen LogP contribution in [0.5, 0.6) is 5.75 Å². The molecule has 1 aromatic heterocycles. The highest BCUT2D eigenvalue weighted by molar-refractivity contribution is 5.86. The highest BCUT2D eigenvalue weighted by Gasteiger charge is 2.23. The van der Waals surface area contributed by atoms with Gasteiger partial charge >= 0.3 is 5.97 Å². The van der Waals surface area contributed by atoms with E-state index in [2.05, 4.69) is 0 Å². The molecule has 0 aliphatic heterocycles. The Labute approximate surface area is 119 Å². The molecule has 0 radical (unpaired) electrons.